The topological polar surface area (TPSA) is 82.2 Å². The van der Waals surface area contributed by atoms with Gasteiger partial charge in [0, 0.05) is 38.2 Å². The summed E-state index contributed by atoms with van der Waals surface area (Å²) in [5, 5.41) is 7.12. The second-order valence-electron chi connectivity index (χ2n) is 8.20. The lowest BCUT2D eigenvalue weighted by Gasteiger charge is -2.33. The maximum Gasteiger partial charge on any atom is 0.228 e. The molecule has 7 nitrogen and oxygen atoms in total. The second-order valence-corrected chi connectivity index (χ2v) is 8.20. The number of aryl methyl sites for hydroxylation is 2. The number of likely N-dealkylation sites (tertiary alicyclic amines) is 1. The van der Waals surface area contributed by atoms with Gasteiger partial charge in [-0.2, -0.15) is 5.10 Å². The Labute approximate surface area is 171 Å². The minimum absolute atomic E-state index is 0.0547. The van der Waals surface area contributed by atoms with Crippen LogP contribution in [-0.2, 0) is 22.4 Å². The molecule has 2 aliphatic rings. The Morgan fingerprint density at radius 3 is 2.69 bits per heavy atom. The van der Waals surface area contributed by atoms with Crippen molar-refractivity contribution in [3.05, 3.63) is 41.5 Å². The van der Waals surface area contributed by atoms with Crippen molar-refractivity contribution in [2.45, 2.75) is 46.0 Å². The quantitative estimate of drug-likeness (QED) is 0.843. The van der Waals surface area contributed by atoms with Crippen molar-refractivity contribution < 1.29 is 9.59 Å². The molecule has 2 amide bonds. The van der Waals surface area contributed by atoms with Gasteiger partial charge in [0.15, 0.2) is 5.82 Å². The van der Waals surface area contributed by atoms with Crippen LogP contribution in [-0.4, -0.2) is 51.5 Å². The number of piperidine rings is 1. The molecule has 0 spiro atoms. The van der Waals surface area contributed by atoms with Crippen LogP contribution in [0.4, 0.5) is 5.69 Å². The zero-order chi connectivity index (χ0) is 20.4. The molecule has 1 aromatic heterocycles. The van der Waals surface area contributed by atoms with Crippen LogP contribution in [0, 0.1) is 18.8 Å². The van der Waals surface area contributed by atoms with Gasteiger partial charge in [-0.3, -0.25) is 14.7 Å². The molecule has 1 atom stereocenters. The van der Waals surface area contributed by atoms with Gasteiger partial charge in [0.2, 0.25) is 11.8 Å². The largest absolute Gasteiger partial charge is 0.342 e. The number of aromatic amines is 1. The minimum atomic E-state index is -0.236. The van der Waals surface area contributed by atoms with Crippen molar-refractivity contribution in [3.63, 3.8) is 0 Å². The number of benzene rings is 1. The molecule has 154 valence electrons. The van der Waals surface area contributed by atoms with Gasteiger partial charge in [-0.05, 0) is 43.7 Å². The van der Waals surface area contributed by atoms with E-state index < -0.39 is 0 Å². The molecule has 1 N–H and O–H groups in total. The lowest BCUT2D eigenvalue weighted by molar-refractivity contribution is -0.137. The zero-order valence-electron chi connectivity index (χ0n) is 17.2. The van der Waals surface area contributed by atoms with E-state index in [1.165, 1.54) is 0 Å². The summed E-state index contributed by atoms with van der Waals surface area (Å²) in [6, 6.07) is 7.99. The van der Waals surface area contributed by atoms with Crippen LogP contribution in [0.3, 0.4) is 0 Å². The third kappa shape index (κ3) is 4.18. The Hall–Kier alpha value is -2.70. The summed E-state index contributed by atoms with van der Waals surface area (Å²) < 4.78 is 0. The fourth-order valence-electron chi connectivity index (χ4n) is 4.53. The first-order valence-corrected chi connectivity index (χ1v) is 10.6. The van der Waals surface area contributed by atoms with Gasteiger partial charge in [-0.25, -0.2) is 4.98 Å². The first kappa shape index (κ1) is 19.6. The predicted octanol–water partition coefficient (Wildman–Crippen LogP) is 2.51. The molecule has 4 rings (SSSR count). The number of rotatable bonds is 5. The van der Waals surface area contributed by atoms with Crippen LogP contribution in [0.25, 0.3) is 0 Å². The Balaban J connectivity index is 1.34. The molecule has 0 bridgehead atoms. The van der Waals surface area contributed by atoms with Gasteiger partial charge >= 0.3 is 0 Å². The number of para-hydroxylation sites is 1. The summed E-state index contributed by atoms with van der Waals surface area (Å²) in [6.07, 6.45) is 3.96. The van der Waals surface area contributed by atoms with E-state index in [2.05, 4.69) is 28.2 Å². The number of carbonyl (C=O) groups excluding carboxylic acids is 2. The number of nitrogens with zero attached hydrogens (tertiary/aromatic N) is 4. The zero-order valence-corrected chi connectivity index (χ0v) is 17.2. The van der Waals surface area contributed by atoms with E-state index >= 15 is 0 Å². The minimum Gasteiger partial charge on any atom is -0.342 e. The average Bonchev–Trinajstić information content (AvgIpc) is 3.33. The second kappa shape index (κ2) is 8.35. The van der Waals surface area contributed by atoms with Crippen molar-refractivity contribution in [3.8, 4) is 0 Å². The summed E-state index contributed by atoms with van der Waals surface area (Å²) in [5.41, 5.74) is 2.10. The summed E-state index contributed by atoms with van der Waals surface area (Å²) in [7, 11) is 0. The Bertz CT molecular complexity index is 885. The van der Waals surface area contributed by atoms with Crippen LogP contribution >= 0.6 is 0 Å². The third-order valence-electron chi connectivity index (χ3n) is 6.18. The predicted molar refractivity (Wildman–Crippen MR) is 110 cm³/mol. The van der Waals surface area contributed by atoms with Gasteiger partial charge in [-0.15, -0.1) is 0 Å². The maximum atomic E-state index is 13.1. The fraction of sp³-hybridized carbons (Fsp3) is 0.545. The van der Waals surface area contributed by atoms with E-state index in [-0.39, 0.29) is 17.7 Å². The van der Waals surface area contributed by atoms with Crippen molar-refractivity contribution >= 4 is 17.5 Å². The number of amides is 2. The van der Waals surface area contributed by atoms with Gasteiger partial charge in [0.1, 0.15) is 5.82 Å². The van der Waals surface area contributed by atoms with Crippen LogP contribution < -0.4 is 4.90 Å². The van der Waals surface area contributed by atoms with Crippen molar-refractivity contribution in [1.29, 1.82) is 0 Å². The first-order valence-electron chi connectivity index (χ1n) is 10.6. The van der Waals surface area contributed by atoms with Gasteiger partial charge in [0.25, 0.3) is 0 Å². The molecular weight excluding hydrogens is 366 g/mol. The highest BCUT2D eigenvalue weighted by molar-refractivity contribution is 6.00. The number of carbonyl (C=O) groups is 2. The number of H-pyrrole nitrogens is 1. The highest BCUT2D eigenvalue weighted by atomic mass is 16.2. The molecule has 29 heavy (non-hydrogen) atoms. The van der Waals surface area contributed by atoms with Crippen LogP contribution in [0.5, 0.6) is 0 Å². The standard InChI is InChI=1S/C22H29N5O2/c1-3-17-6-4-5-7-19(17)27-14-18(13-21(27)28)22(29)26-10-8-16(9-11-26)12-20-23-15(2)24-25-20/h4-7,16,18H,3,8-14H2,1-2H3,(H,23,24,25). The molecule has 7 heteroatoms. The van der Waals surface area contributed by atoms with Crippen molar-refractivity contribution in [2.75, 3.05) is 24.5 Å². The summed E-state index contributed by atoms with van der Waals surface area (Å²) in [6.45, 7) is 5.99. The normalized spacial score (nSPS) is 20.5. The van der Waals surface area contributed by atoms with Gasteiger partial charge in [0.05, 0.1) is 5.92 Å². The molecule has 2 saturated heterocycles. The number of hydrogen-bond donors (Lipinski definition) is 1. The van der Waals surface area contributed by atoms with Crippen LogP contribution in [0.15, 0.2) is 24.3 Å². The van der Waals surface area contributed by atoms with Crippen molar-refractivity contribution in [2.24, 2.45) is 11.8 Å². The van der Waals surface area contributed by atoms with E-state index in [1.807, 2.05) is 30.0 Å². The summed E-state index contributed by atoms with van der Waals surface area (Å²) >= 11 is 0. The number of nitrogens with one attached hydrogen (secondary N) is 1. The Morgan fingerprint density at radius 1 is 1.24 bits per heavy atom. The van der Waals surface area contributed by atoms with Crippen molar-refractivity contribution in [1.82, 2.24) is 20.1 Å². The summed E-state index contributed by atoms with van der Waals surface area (Å²) in [4.78, 5) is 33.8. The Kier molecular flexibility index (Phi) is 5.65. The average molecular weight is 396 g/mol. The summed E-state index contributed by atoms with van der Waals surface area (Å²) in [5.74, 6) is 2.15. The molecule has 1 aromatic carbocycles. The number of anilines is 1. The SMILES string of the molecule is CCc1ccccc1N1CC(C(=O)N2CCC(Cc3n[nH]c(C)n3)CC2)CC1=O. The molecule has 3 heterocycles. The monoisotopic (exact) mass is 395 g/mol. The van der Waals surface area contributed by atoms with E-state index in [0.29, 0.717) is 18.9 Å². The highest BCUT2D eigenvalue weighted by Gasteiger charge is 2.38. The Morgan fingerprint density at radius 2 is 2.00 bits per heavy atom. The highest BCUT2D eigenvalue weighted by Crippen LogP contribution is 2.30. The molecular formula is C22H29N5O2. The smallest absolute Gasteiger partial charge is 0.228 e. The van der Waals surface area contributed by atoms with Gasteiger partial charge < -0.3 is 9.80 Å². The molecule has 2 aliphatic heterocycles. The number of hydrogen-bond acceptors (Lipinski definition) is 4. The third-order valence-corrected chi connectivity index (χ3v) is 6.18. The molecule has 0 radical (unpaired) electrons. The molecule has 0 aliphatic carbocycles. The first-order chi connectivity index (χ1) is 14.0. The molecule has 1 unspecified atom stereocenters. The van der Waals surface area contributed by atoms with E-state index in [9.17, 15) is 9.59 Å². The molecule has 2 fully saturated rings. The van der Waals surface area contributed by atoms with E-state index in [4.69, 9.17) is 0 Å². The van der Waals surface area contributed by atoms with Crippen LogP contribution in [0.2, 0.25) is 0 Å². The lowest BCUT2D eigenvalue weighted by Crippen LogP contribution is -2.42. The fourth-order valence-corrected chi connectivity index (χ4v) is 4.53. The van der Waals surface area contributed by atoms with E-state index in [1.54, 1.807) is 4.90 Å². The van der Waals surface area contributed by atoms with Gasteiger partial charge in [-0.1, -0.05) is 25.1 Å². The van der Waals surface area contributed by atoms with Crippen LogP contribution in [0.1, 0.15) is 43.4 Å². The van der Waals surface area contributed by atoms with E-state index in [0.717, 1.165) is 61.7 Å². The maximum absolute atomic E-state index is 13.1. The number of aromatic nitrogens is 3. The molecule has 0 saturated carbocycles. The lowest BCUT2D eigenvalue weighted by atomic mass is 9.92. The molecule has 2 aromatic rings.